The van der Waals surface area contributed by atoms with E-state index in [1.807, 2.05) is 53.1 Å². The van der Waals surface area contributed by atoms with Crippen molar-refractivity contribution in [3.63, 3.8) is 0 Å². The lowest BCUT2D eigenvalue weighted by molar-refractivity contribution is 1.15. The molecule has 0 bridgehead atoms. The SMILES string of the molecule is N#Cc1cc(C#N)cc(-n2c3ccccc3c3ccc4c(c5ccccc5n4-c4c(C#N)cccc4C#N)c32)c1. The first-order valence-electron chi connectivity index (χ1n) is 12.5. The first-order valence-corrected chi connectivity index (χ1v) is 12.5. The van der Waals surface area contributed by atoms with E-state index in [-0.39, 0.29) is 0 Å². The van der Waals surface area contributed by atoms with Crippen LogP contribution in [0.2, 0.25) is 0 Å². The van der Waals surface area contributed by atoms with Crippen molar-refractivity contribution in [2.45, 2.75) is 0 Å². The summed E-state index contributed by atoms with van der Waals surface area (Å²) in [6.45, 7) is 0. The Balaban J connectivity index is 1.76. The Bertz CT molecular complexity index is 2310. The van der Waals surface area contributed by atoms with E-state index in [0.717, 1.165) is 43.6 Å². The highest BCUT2D eigenvalue weighted by Crippen LogP contribution is 2.42. The molecule has 6 nitrogen and oxygen atoms in total. The lowest BCUT2D eigenvalue weighted by Gasteiger charge is -2.12. The van der Waals surface area contributed by atoms with E-state index in [4.69, 9.17) is 0 Å². The van der Waals surface area contributed by atoms with Crippen LogP contribution in [0.25, 0.3) is 55.0 Å². The zero-order valence-corrected chi connectivity index (χ0v) is 20.9. The Morgan fingerprint density at radius 2 is 1.07 bits per heavy atom. The first-order chi connectivity index (χ1) is 19.7. The number of aromatic nitrogens is 2. The number of rotatable bonds is 2. The van der Waals surface area contributed by atoms with Gasteiger partial charge < -0.3 is 9.13 Å². The second-order valence-corrected chi connectivity index (χ2v) is 9.48. The smallest absolute Gasteiger partial charge is 0.101 e. The molecule has 40 heavy (non-hydrogen) atoms. The minimum absolute atomic E-state index is 0.399. The maximum Gasteiger partial charge on any atom is 0.101 e. The van der Waals surface area contributed by atoms with Gasteiger partial charge in [-0.3, -0.25) is 0 Å². The number of nitriles is 4. The topological polar surface area (TPSA) is 105 Å². The van der Waals surface area contributed by atoms with Crippen molar-refractivity contribution in [1.29, 1.82) is 21.0 Å². The number of hydrogen-bond donors (Lipinski definition) is 0. The number of benzene rings is 5. The van der Waals surface area contributed by atoms with Gasteiger partial charge in [0.2, 0.25) is 0 Å². The Labute approximate surface area is 228 Å². The molecule has 7 aromatic rings. The molecule has 2 heterocycles. The molecule has 0 saturated carbocycles. The van der Waals surface area contributed by atoms with E-state index in [0.29, 0.717) is 33.6 Å². The summed E-state index contributed by atoms with van der Waals surface area (Å²) >= 11 is 0. The molecule has 0 fully saturated rings. The first kappa shape index (κ1) is 22.8. The van der Waals surface area contributed by atoms with Crippen molar-refractivity contribution in [2.75, 3.05) is 0 Å². The van der Waals surface area contributed by atoms with Gasteiger partial charge in [-0.25, -0.2) is 0 Å². The highest BCUT2D eigenvalue weighted by atomic mass is 15.0. The summed E-state index contributed by atoms with van der Waals surface area (Å²) < 4.78 is 4.10. The summed E-state index contributed by atoms with van der Waals surface area (Å²) in [6.07, 6.45) is 0. The van der Waals surface area contributed by atoms with Gasteiger partial charge in [0, 0.05) is 27.2 Å². The Kier molecular flexibility index (Phi) is 4.91. The Morgan fingerprint density at radius 3 is 1.70 bits per heavy atom. The molecule has 0 N–H and O–H groups in total. The van der Waals surface area contributed by atoms with Gasteiger partial charge in [0.05, 0.1) is 62.1 Å². The van der Waals surface area contributed by atoms with Crippen LogP contribution >= 0.6 is 0 Å². The van der Waals surface area contributed by atoms with E-state index >= 15 is 0 Å². The molecule has 0 saturated heterocycles. The summed E-state index contributed by atoms with van der Waals surface area (Å²) in [6, 6.07) is 39.4. The van der Waals surface area contributed by atoms with Gasteiger partial charge in [0.15, 0.2) is 0 Å². The lowest BCUT2D eigenvalue weighted by atomic mass is 10.1. The zero-order chi connectivity index (χ0) is 27.4. The van der Waals surface area contributed by atoms with Crippen LogP contribution in [-0.4, -0.2) is 9.13 Å². The van der Waals surface area contributed by atoms with Crippen molar-refractivity contribution in [3.8, 4) is 35.7 Å². The monoisotopic (exact) mass is 508 g/mol. The summed E-state index contributed by atoms with van der Waals surface area (Å²) in [5, 5.41) is 43.4. The van der Waals surface area contributed by atoms with Crippen LogP contribution in [0.15, 0.2) is 97.1 Å². The second kappa shape index (κ2) is 8.61. The molecule has 0 aliphatic heterocycles. The fourth-order valence-electron chi connectivity index (χ4n) is 5.85. The van der Waals surface area contributed by atoms with Crippen molar-refractivity contribution >= 4 is 43.6 Å². The Morgan fingerprint density at radius 1 is 0.475 bits per heavy atom. The van der Waals surface area contributed by atoms with Crippen LogP contribution < -0.4 is 0 Å². The average Bonchev–Trinajstić information content (AvgIpc) is 3.53. The molecule has 0 radical (unpaired) electrons. The van der Waals surface area contributed by atoms with Gasteiger partial charge >= 0.3 is 0 Å². The molecule has 0 spiro atoms. The normalized spacial score (nSPS) is 10.9. The molecule has 0 unspecified atom stereocenters. The molecular weight excluding hydrogens is 492 g/mol. The molecular formula is C34H16N6. The van der Waals surface area contributed by atoms with E-state index in [2.05, 4.69) is 41.0 Å². The van der Waals surface area contributed by atoms with Crippen molar-refractivity contribution in [2.24, 2.45) is 0 Å². The predicted octanol–water partition coefficient (Wildman–Crippen LogP) is 7.37. The summed E-state index contributed by atoms with van der Waals surface area (Å²) in [4.78, 5) is 0. The molecule has 6 heteroatoms. The van der Waals surface area contributed by atoms with Crippen molar-refractivity contribution < 1.29 is 0 Å². The van der Waals surface area contributed by atoms with Crippen molar-refractivity contribution in [1.82, 2.24) is 9.13 Å². The number of nitrogens with zero attached hydrogens (tertiary/aromatic N) is 6. The quantitative estimate of drug-likeness (QED) is 0.243. The molecule has 0 amide bonds. The Hall–Kier alpha value is -6.34. The van der Waals surface area contributed by atoms with Gasteiger partial charge in [-0.1, -0.05) is 48.5 Å². The van der Waals surface area contributed by atoms with E-state index in [1.165, 1.54) is 0 Å². The minimum atomic E-state index is 0.399. The third-order valence-electron chi connectivity index (χ3n) is 7.40. The zero-order valence-electron chi connectivity index (χ0n) is 20.9. The largest absolute Gasteiger partial charge is 0.308 e. The maximum absolute atomic E-state index is 10.0. The maximum atomic E-state index is 10.0. The van der Waals surface area contributed by atoms with Crippen LogP contribution in [0.3, 0.4) is 0 Å². The molecule has 182 valence electrons. The van der Waals surface area contributed by atoms with Gasteiger partial charge in [-0.15, -0.1) is 0 Å². The van der Waals surface area contributed by atoms with Gasteiger partial charge in [0.1, 0.15) is 12.1 Å². The van der Waals surface area contributed by atoms with Gasteiger partial charge in [-0.2, -0.15) is 21.0 Å². The van der Waals surface area contributed by atoms with Crippen LogP contribution in [0.1, 0.15) is 22.3 Å². The standard InChI is InChI=1S/C34H16N6/c35-17-21-14-22(18-36)16-25(15-21)39-29-10-3-1-8-26(29)27-12-13-31-32(34(27)39)28-9-2-4-11-30(28)40(31)33-23(19-37)6-5-7-24(33)20-38/h1-16H. The molecule has 0 atom stereocenters. The lowest BCUT2D eigenvalue weighted by Crippen LogP contribution is -2.01. The van der Waals surface area contributed by atoms with E-state index in [1.54, 1.807) is 36.4 Å². The summed E-state index contributed by atoms with van der Waals surface area (Å²) in [5.74, 6) is 0. The number of para-hydroxylation sites is 3. The fourth-order valence-corrected chi connectivity index (χ4v) is 5.85. The third kappa shape index (κ3) is 3.06. The predicted molar refractivity (Wildman–Crippen MR) is 154 cm³/mol. The summed E-state index contributed by atoms with van der Waals surface area (Å²) in [5.41, 5.74) is 6.42. The van der Waals surface area contributed by atoms with Crippen molar-refractivity contribution in [3.05, 3.63) is 119 Å². The molecule has 0 aliphatic rings. The molecule has 7 rings (SSSR count). The minimum Gasteiger partial charge on any atom is -0.308 e. The summed E-state index contributed by atoms with van der Waals surface area (Å²) in [7, 11) is 0. The van der Waals surface area contributed by atoms with Gasteiger partial charge in [-0.05, 0) is 48.5 Å². The van der Waals surface area contributed by atoms with Crippen LogP contribution in [0.5, 0.6) is 0 Å². The highest BCUT2D eigenvalue weighted by molar-refractivity contribution is 6.26. The van der Waals surface area contributed by atoms with Crippen LogP contribution in [-0.2, 0) is 0 Å². The van der Waals surface area contributed by atoms with Crippen LogP contribution in [0, 0.1) is 45.3 Å². The van der Waals surface area contributed by atoms with E-state index < -0.39 is 0 Å². The highest BCUT2D eigenvalue weighted by Gasteiger charge is 2.23. The molecule has 0 aliphatic carbocycles. The number of hydrogen-bond acceptors (Lipinski definition) is 4. The third-order valence-corrected chi connectivity index (χ3v) is 7.40. The molecule has 5 aromatic carbocycles. The number of fused-ring (bicyclic) bond motifs is 7. The van der Waals surface area contributed by atoms with Gasteiger partial charge in [0.25, 0.3) is 0 Å². The fraction of sp³-hybridized carbons (Fsp3) is 0. The average molecular weight is 509 g/mol. The van der Waals surface area contributed by atoms with Crippen LogP contribution in [0.4, 0.5) is 0 Å². The molecule has 2 aromatic heterocycles. The van der Waals surface area contributed by atoms with E-state index in [9.17, 15) is 21.0 Å². The second-order valence-electron chi connectivity index (χ2n) is 9.48.